The highest BCUT2D eigenvalue weighted by atomic mass is 16.6. The maximum atomic E-state index is 12.4. The number of benzene rings is 1. The molecule has 0 aromatic heterocycles. The minimum absolute atomic E-state index is 0.0663. The van der Waals surface area contributed by atoms with Gasteiger partial charge >= 0.3 is 6.09 Å². The summed E-state index contributed by atoms with van der Waals surface area (Å²) < 4.78 is 10.9. The highest BCUT2D eigenvalue weighted by molar-refractivity contribution is 5.73. The number of piperazine rings is 1. The molecule has 6 nitrogen and oxygen atoms in total. The van der Waals surface area contributed by atoms with E-state index in [2.05, 4.69) is 11.5 Å². The maximum Gasteiger partial charge on any atom is 0.414 e. The Kier molecular flexibility index (Phi) is 4.96. The zero-order valence-electron chi connectivity index (χ0n) is 15.1. The number of methoxy groups -OCH3 is 1. The van der Waals surface area contributed by atoms with E-state index in [9.17, 15) is 4.79 Å². The molecule has 2 rings (SSSR count). The average molecular weight is 333 g/mol. The van der Waals surface area contributed by atoms with Crippen molar-refractivity contribution in [2.45, 2.75) is 39.3 Å². The standard InChI is InChI=1S/C18H27N3O3/c1-12-10-20(15-8-7-14(19)9-16(15)23-6)11-13(2)21(12)17(22)24-18(3,4)5/h7-9,13H,1,10-11,19H2,2-6H3/t13-/m0/s1. The SMILES string of the molecule is C=C1CN(c2ccc(N)cc2OC)C[C@H](C)N1C(=O)OC(C)(C)C. The first kappa shape index (κ1) is 18.0. The van der Waals surface area contributed by atoms with Crippen LogP contribution < -0.4 is 15.4 Å². The van der Waals surface area contributed by atoms with Crippen LogP contribution in [0, 0.1) is 0 Å². The molecule has 6 heteroatoms. The number of amides is 1. The van der Waals surface area contributed by atoms with Gasteiger partial charge in [-0.3, -0.25) is 4.90 Å². The normalized spacial score (nSPS) is 18.5. The Morgan fingerprint density at radius 3 is 2.58 bits per heavy atom. The first-order valence-corrected chi connectivity index (χ1v) is 8.01. The van der Waals surface area contributed by atoms with Crippen LogP contribution >= 0.6 is 0 Å². The Labute approximate surface area is 143 Å². The van der Waals surface area contributed by atoms with E-state index in [-0.39, 0.29) is 12.1 Å². The summed E-state index contributed by atoms with van der Waals surface area (Å²) in [5.74, 6) is 0.709. The molecule has 1 aromatic carbocycles. The lowest BCUT2D eigenvalue weighted by Crippen LogP contribution is -2.53. The highest BCUT2D eigenvalue weighted by Crippen LogP contribution is 2.33. The summed E-state index contributed by atoms with van der Waals surface area (Å²) >= 11 is 0. The average Bonchev–Trinajstić information content (AvgIpc) is 2.44. The quantitative estimate of drug-likeness (QED) is 0.842. The van der Waals surface area contributed by atoms with Crippen LogP contribution in [0.25, 0.3) is 0 Å². The van der Waals surface area contributed by atoms with Gasteiger partial charge < -0.3 is 20.1 Å². The van der Waals surface area contributed by atoms with Gasteiger partial charge in [-0.2, -0.15) is 0 Å². The molecule has 1 atom stereocenters. The lowest BCUT2D eigenvalue weighted by molar-refractivity contribution is 0.0238. The molecular weight excluding hydrogens is 306 g/mol. The molecule has 1 saturated heterocycles. The molecule has 24 heavy (non-hydrogen) atoms. The smallest absolute Gasteiger partial charge is 0.414 e. The number of nitrogen functional groups attached to an aromatic ring is 1. The molecule has 0 aliphatic carbocycles. The number of nitrogens with two attached hydrogens (primary N) is 1. The summed E-state index contributed by atoms with van der Waals surface area (Å²) in [6.45, 7) is 12.8. The second-order valence-electron chi connectivity index (χ2n) is 7.08. The lowest BCUT2D eigenvalue weighted by atomic mass is 10.1. The van der Waals surface area contributed by atoms with Crippen molar-refractivity contribution >= 4 is 17.5 Å². The molecular formula is C18H27N3O3. The number of ether oxygens (including phenoxy) is 2. The van der Waals surface area contributed by atoms with Gasteiger partial charge in [0.15, 0.2) is 0 Å². The van der Waals surface area contributed by atoms with E-state index in [4.69, 9.17) is 15.2 Å². The van der Waals surface area contributed by atoms with E-state index in [1.54, 1.807) is 18.1 Å². The number of carbonyl (C=O) groups is 1. The summed E-state index contributed by atoms with van der Waals surface area (Å²) in [6, 6.07) is 5.50. The van der Waals surface area contributed by atoms with E-state index in [0.717, 1.165) is 5.69 Å². The monoisotopic (exact) mass is 333 g/mol. The van der Waals surface area contributed by atoms with Crippen molar-refractivity contribution in [2.24, 2.45) is 0 Å². The van der Waals surface area contributed by atoms with Crippen molar-refractivity contribution in [1.82, 2.24) is 4.90 Å². The minimum atomic E-state index is -0.533. The van der Waals surface area contributed by atoms with Gasteiger partial charge in [0, 0.05) is 24.0 Å². The van der Waals surface area contributed by atoms with Crippen LogP contribution in [0.4, 0.5) is 16.2 Å². The molecule has 0 saturated carbocycles. The first-order valence-electron chi connectivity index (χ1n) is 8.01. The fourth-order valence-electron chi connectivity index (χ4n) is 2.83. The van der Waals surface area contributed by atoms with E-state index in [0.29, 0.717) is 30.2 Å². The fourth-order valence-corrected chi connectivity index (χ4v) is 2.83. The van der Waals surface area contributed by atoms with E-state index in [1.807, 2.05) is 39.8 Å². The molecule has 1 aliphatic heterocycles. The second kappa shape index (κ2) is 6.63. The molecule has 1 fully saturated rings. The van der Waals surface area contributed by atoms with Gasteiger partial charge in [0.2, 0.25) is 0 Å². The predicted octanol–water partition coefficient (Wildman–Crippen LogP) is 3.24. The molecule has 1 heterocycles. The number of anilines is 2. The summed E-state index contributed by atoms with van der Waals surface area (Å²) in [6.07, 6.45) is -0.357. The van der Waals surface area contributed by atoms with Crippen LogP contribution in [0.5, 0.6) is 5.75 Å². The molecule has 1 aliphatic rings. The molecule has 1 amide bonds. The maximum absolute atomic E-state index is 12.4. The molecule has 0 unspecified atom stereocenters. The third-order valence-corrected chi connectivity index (χ3v) is 3.77. The van der Waals surface area contributed by atoms with Crippen molar-refractivity contribution in [2.75, 3.05) is 30.8 Å². The van der Waals surface area contributed by atoms with Gasteiger partial charge in [-0.1, -0.05) is 6.58 Å². The van der Waals surface area contributed by atoms with E-state index >= 15 is 0 Å². The van der Waals surface area contributed by atoms with Crippen LogP contribution in [0.15, 0.2) is 30.5 Å². The minimum Gasteiger partial charge on any atom is -0.495 e. The third kappa shape index (κ3) is 3.93. The number of hydrogen-bond acceptors (Lipinski definition) is 5. The zero-order valence-corrected chi connectivity index (χ0v) is 15.1. The predicted molar refractivity (Wildman–Crippen MR) is 96.3 cm³/mol. The second-order valence-corrected chi connectivity index (χ2v) is 7.08. The Morgan fingerprint density at radius 2 is 2.04 bits per heavy atom. The third-order valence-electron chi connectivity index (χ3n) is 3.77. The van der Waals surface area contributed by atoms with Crippen LogP contribution in [0.2, 0.25) is 0 Å². The number of nitrogens with zero attached hydrogens (tertiary/aromatic N) is 2. The van der Waals surface area contributed by atoms with Crippen LogP contribution in [-0.2, 0) is 4.74 Å². The Bertz CT molecular complexity index is 637. The molecule has 0 radical (unpaired) electrons. The van der Waals surface area contributed by atoms with Crippen molar-refractivity contribution in [3.63, 3.8) is 0 Å². The zero-order chi connectivity index (χ0) is 18.1. The topological polar surface area (TPSA) is 68.0 Å². The van der Waals surface area contributed by atoms with Crippen LogP contribution in [0.3, 0.4) is 0 Å². The van der Waals surface area contributed by atoms with Crippen molar-refractivity contribution < 1.29 is 14.3 Å². The van der Waals surface area contributed by atoms with Crippen LogP contribution in [-0.4, -0.2) is 42.8 Å². The molecule has 2 N–H and O–H groups in total. The molecule has 0 spiro atoms. The lowest BCUT2D eigenvalue weighted by Gasteiger charge is -2.42. The van der Waals surface area contributed by atoms with Gasteiger partial charge in [-0.15, -0.1) is 0 Å². The van der Waals surface area contributed by atoms with Crippen molar-refractivity contribution in [1.29, 1.82) is 0 Å². The van der Waals surface area contributed by atoms with Crippen LogP contribution in [0.1, 0.15) is 27.7 Å². The molecule has 1 aromatic rings. The van der Waals surface area contributed by atoms with Crippen molar-refractivity contribution in [3.05, 3.63) is 30.5 Å². The number of hydrogen-bond donors (Lipinski definition) is 1. The largest absolute Gasteiger partial charge is 0.495 e. The summed E-state index contributed by atoms with van der Waals surface area (Å²) in [4.78, 5) is 16.2. The number of carbonyl (C=O) groups excluding carboxylic acids is 1. The van der Waals surface area contributed by atoms with Crippen molar-refractivity contribution in [3.8, 4) is 5.75 Å². The van der Waals surface area contributed by atoms with Gasteiger partial charge in [-0.05, 0) is 39.8 Å². The summed E-state index contributed by atoms with van der Waals surface area (Å²) in [5.41, 5.74) is 7.57. The van der Waals surface area contributed by atoms with Gasteiger partial charge in [-0.25, -0.2) is 4.79 Å². The first-order chi connectivity index (χ1) is 11.1. The van der Waals surface area contributed by atoms with Gasteiger partial charge in [0.25, 0.3) is 0 Å². The Balaban J connectivity index is 2.19. The molecule has 132 valence electrons. The summed E-state index contributed by atoms with van der Waals surface area (Å²) in [5, 5.41) is 0. The van der Waals surface area contributed by atoms with Gasteiger partial charge in [0.1, 0.15) is 11.4 Å². The fraction of sp³-hybridized carbons (Fsp3) is 0.500. The highest BCUT2D eigenvalue weighted by Gasteiger charge is 2.34. The Hall–Kier alpha value is -2.37. The van der Waals surface area contributed by atoms with Gasteiger partial charge in [0.05, 0.1) is 25.4 Å². The number of rotatable bonds is 2. The summed E-state index contributed by atoms with van der Waals surface area (Å²) in [7, 11) is 1.62. The van der Waals surface area contributed by atoms with E-state index in [1.165, 1.54) is 0 Å². The Morgan fingerprint density at radius 1 is 1.38 bits per heavy atom. The molecule has 0 bridgehead atoms. The van der Waals surface area contributed by atoms with E-state index < -0.39 is 5.60 Å².